The van der Waals surface area contributed by atoms with Gasteiger partial charge in [0.15, 0.2) is 0 Å². The van der Waals surface area contributed by atoms with Crippen molar-refractivity contribution in [2.24, 2.45) is 0 Å². The second-order valence-electron chi connectivity index (χ2n) is 4.36. The number of aryl methyl sites for hydroxylation is 2. The summed E-state index contributed by atoms with van der Waals surface area (Å²) < 4.78 is 0. The van der Waals surface area contributed by atoms with Crippen LogP contribution in [0.15, 0.2) is 6.20 Å². The van der Waals surface area contributed by atoms with Crippen LogP contribution >= 0.6 is 0 Å². The van der Waals surface area contributed by atoms with Crippen LogP contribution in [0.4, 0.5) is 5.82 Å². The molecular weight excluding hydrogens is 228 g/mol. The molecule has 0 aromatic carbocycles. The van der Waals surface area contributed by atoms with Crippen LogP contribution < -0.4 is 10.2 Å². The highest BCUT2D eigenvalue weighted by molar-refractivity contribution is 5.76. The lowest BCUT2D eigenvalue weighted by atomic mass is 10.1. The summed E-state index contributed by atoms with van der Waals surface area (Å²) in [6.45, 7) is 4.67. The summed E-state index contributed by atoms with van der Waals surface area (Å²) in [5, 5.41) is 2.62. The van der Waals surface area contributed by atoms with Crippen LogP contribution in [-0.2, 0) is 11.2 Å². The van der Waals surface area contributed by atoms with Crippen LogP contribution in [0, 0.1) is 6.92 Å². The molecule has 1 amide bonds. The van der Waals surface area contributed by atoms with Gasteiger partial charge in [-0.05, 0) is 13.3 Å². The predicted octanol–water partition coefficient (Wildman–Crippen LogP) is 1.31. The summed E-state index contributed by atoms with van der Waals surface area (Å²) in [6.07, 6.45) is 4.38. The maximum Gasteiger partial charge on any atom is 0.221 e. The topological polar surface area (TPSA) is 58.1 Å². The Bertz CT molecular complexity index is 406. The Morgan fingerprint density at radius 2 is 2.22 bits per heavy atom. The summed E-state index contributed by atoms with van der Waals surface area (Å²) in [7, 11) is 3.61. The minimum absolute atomic E-state index is 0.0460. The second-order valence-corrected chi connectivity index (χ2v) is 4.36. The molecule has 0 aliphatic rings. The van der Waals surface area contributed by atoms with E-state index in [0.717, 1.165) is 30.0 Å². The van der Waals surface area contributed by atoms with Crippen LogP contribution in [0.3, 0.4) is 0 Å². The van der Waals surface area contributed by atoms with Gasteiger partial charge in [0, 0.05) is 38.8 Å². The lowest BCUT2D eigenvalue weighted by molar-refractivity contribution is -0.120. The van der Waals surface area contributed by atoms with E-state index in [9.17, 15) is 4.79 Å². The fourth-order valence-electron chi connectivity index (χ4n) is 1.76. The fraction of sp³-hybridized carbons (Fsp3) is 0.615. The van der Waals surface area contributed by atoms with Gasteiger partial charge in [-0.3, -0.25) is 4.79 Å². The van der Waals surface area contributed by atoms with Crippen molar-refractivity contribution in [1.82, 2.24) is 15.3 Å². The van der Waals surface area contributed by atoms with Crippen molar-refractivity contribution in [3.05, 3.63) is 17.6 Å². The average Bonchev–Trinajstić information content (AvgIpc) is 2.37. The molecule has 0 unspecified atom stereocenters. The maximum absolute atomic E-state index is 11.3. The highest BCUT2D eigenvalue weighted by Crippen LogP contribution is 2.17. The number of aromatic nitrogens is 2. The van der Waals surface area contributed by atoms with Crippen molar-refractivity contribution in [3.8, 4) is 0 Å². The van der Waals surface area contributed by atoms with Gasteiger partial charge in [-0.2, -0.15) is 0 Å². The van der Waals surface area contributed by atoms with Crippen molar-refractivity contribution in [2.45, 2.75) is 33.1 Å². The minimum atomic E-state index is 0.0460. The number of anilines is 1. The first-order valence-corrected chi connectivity index (χ1v) is 6.32. The molecule has 5 heteroatoms. The average molecular weight is 250 g/mol. The highest BCUT2D eigenvalue weighted by Gasteiger charge is 2.11. The highest BCUT2D eigenvalue weighted by atomic mass is 16.1. The Balaban J connectivity index is 2.79. The SMILES string of the molecule is CCCc1cnc(C)nc1N(C)CCC(=O)NC. The molecule has 0 aliphatic heterocycles. The van der Waals surface area contributed by atoms with Gasteiger partial charge in [0.25, 0.3) is 0 Å². The lowest BCUT2D eigenvalue weighted by Gasteiger charge is -2.20. The maximum atomic E-state index is 11.3. The Morgan fingerprint density at radius 1 is 1.50 bits per heavy atom. The number of nitrogens with zero attached hydrogens (tertiary/aromatic N) is 3. The summed E-state index contributed by atoms with van der Waals surface area (Å²) in [5.41, 5.74) is 1.14. The van der Waals surface area contributed by atoms with Crippen molar-refractivity contribution >= 4 is 11.7 Å². The van der Waals surface area contributed by atoms with Crippen LogP contribution in [0.5, 0.6) is 0 Å². The molecule has 18 heavy (non-hydrogen) atoms. The number of rotatable bonds is 6. The lowest BCUT2D eigenvalue weighted by Crippen LogP contribution is -2.27. The van der Waals surface area contributed by atoms with Gasteiger partial charge in [-0.25, -0.2) is 9.97 Å². The number of nitrogens with one attached hydrogen (secondary N) is 1. The van der Waals surface area contributed by atoms with E-state index >= 15 is 0 Å². The molecule has 0 fully saturated rings. The van der Waals surface area contributed by atoms with Gasteiger partial charge < -0.3 is 10.2 Å². The largest absolute Gasteiger partial charge is 0.359 e. The molecule has 0 aliphatic carbocycles. The quantitative estimate of drug-likeness (QED) is 0.827. The van der Waals surface area contributed by atoms with Crippen molar-refractivity contribution in [2.75, 3.05) is 25.5 Å². The summed E-state index contributed by atoms with van der Waals surface area (Å²) in [4.78, 5) is 22.0. The van der Waals surface area contributed by atoms with Crippen LogP contribution in [-0.4, -0.2) is 36.5 Å². The third-order valence-electron chi connectivity index (χ3n) is 2.80. The van der Waals surface area contributed by atoms with E-state index in [2.05, 4.69) is 22.2 Å². The Morgan fingerprint density at radius 3 is 2.83 bits per heavy atom. The van der Waals surface area contributed by atoms with Crippen LogP contribution in [0.1, 0.15) is 31.2 Å². The standard InChI is InChI=1S/C13H22N4O/c1-5-6-11-9-15-10(2)16-13(11)17(4)8-7-12(18)14-3/h9H,5-8H2,1-4H3,(H,14,18). The zero-order valence-electron chi connectivity index (χ0n) is 11.7. The first-order valence-electron chi connectivity index (χ1n) is 6.32. The molecule has 0 spiro atoms. The van der Waals surface area contributed by atoms with Crippen LogP contribution in [0.25, 0.3) is 0 Å². The van der Waals surface area contributed by atoms with Crippen LogP contribution in [0.2, 0.25) is 0 Å². The molecule has 1 heterocycles. The molecule has 100 valence electrons. The molecule has 0 radical (unpaired) electrons. The normalized spacial score (nSPS) is 10.2. The molecule has 5 nitrogen and oxygen atoms in total. The summed E-state index contributed by atoms with van der Waals surface area (Å²) in [6, 6.07) is 0. The number of carbonyl (C=O) groups is 1. The second kappa shape index (κ2) is 6.93. The first kappa shape index (κ1) is 14.4. The number of hydrogen-bond donors (Lipinski definition) is 1. The zero-order valence-corrected chi connectivity index (χ0v) is 11.7. The first-order chi connectivity index (χ1) is 8.58. The molecule has 0 saturated carbocycles. The smallest absolute Gasteiger partial charge is 0.221 e. The molecule has 0 bridgehead atoms. The van der Waals surface area contributed by atoms with E-state index in [-0.39, 0.29) is 5.91 Å². The Labute approximate surface area is 109 Å². The molecule has 1 rings (SSSR count). The summed E-state index contributed by atoms with van der Waals surface area (Å²) in [5.74, 6) is 1.74. The van der Waals surface area contributed by atoms with Crippen molar-refractivity contribution in [1.29, 1.82) is 0 Å². The van der Waals surface area contributed by atoms with E-state index in [1.807, 2.05) is 25.1 Å². The minimum Gasteiger partial charge on any atom is -0.359 e. The number of carbonyl (C=O) groups excluding carboxylic acids is 1. The monoisotopic (exact) mass is 250 g/mol. The van der Waals surface area contributed by atoms with Gasteiger partial charge >= 0.3 is 0 Å². The van der Waals surface area contributed by atoms with Gasteiger partial charge in [0.05, 0.1) is 0 Å². The number of amides is 1. The van der Waals surface area contributed by atoms with Gasteiger partial charge in [-0.1, -0.05) is 13.3 Å². The fourth-order valence-corrected chi connectivity index (χ4v) is 1.76. The molecule has 1 aromatic heterocycles. The third-order valence-corrected chi connectivity index (χ3v) is 2.80. The van der Waals surface area contributed by atoms with Crippen molar-refractivity contribution < 1.29 is 4.79 Å². The van der Waals surface area contributed by atoms with E-state index in [1.54, 1.807) is 7.05 Å². The van der Waals surface area contributed by atoms with Gasteiger partial charge in [0.1, 0.15) is 11.6 Å². The molecule has 0 atom stereocenters. The van der Waals surface area contributed by atoms with Gasteiger partial charge in [0.2, 0.25) is 5.91 Å². The van der Waals surface area contributed by atoms with E-state index in [1.165, 1.54) is 0 Å². The molecule has 1 aromatic rings. The number of hydrogen-bond acceptors (Lipinski definition) is 4. The van der Waals surface area contributed by atoms with Crippen molar-refractivity contribution in [3.63, 3.8) is 0 Å². The van der Waals surface area contributed by atoms with E-state index in [4.69, 9.17) is 0 Å². The third kappa shape index (κ3) is 3.98. The zero-order chi connectivity index (χ0) is 13.5. The van der Waals surface area contributed by atoms with E-state index in [0.29, 0.717) is 13.0 Å². The summed E-state index contributed by atoms with van der Waals surface area (Å²) >= 11 is 0. The van der Waals surface area contributed by atoms with E-state index < -0.39 is 0 Å². The molecular formula is C13H22N4O. The molecule has 0 saturated heterocycles. The Hall–Kier alpha value is -1.65. The predicted molar refractivity (Wildman–Crippen MR) is 72.7 cm³/mol. The molecule has 1 N–H and O–H groups in total. The van der Waals surface area contributed by atoms with Gasteiger partial charge in [-0.15, -0.1) is 0 Å². The Kier molecular flexibility index (Phi) is 5.55.